The van der Waals surface area contributed by atoms with Crippen LogP contribution in [0.1, 0.15) is 35.5 Å². The van der Waals surface area contributed by atoms with Gasteiger partial charge in [0, 0.05) is 30.6 Å². The van der Waals surface area contributed by atoms with Gasteiger partial charge in [0.05, 0.1) is 11.3 Å². The fourth-order valence-electron chi connectivity index (χ4n) is 2.83. The van der Waals surface area contributed by atoms with Gasteiger partial charge in [-0.3, -0.25) is 9.48 Å². The highest BCUT2D eigenvalue weighted by Gasteiger charge is 2.21. The summed E-state index contributed by atoms with van der Waals surface area (Å²) in [6.07, 6.45) is 1.61. The summed E-state index contributed by atoms with van der Waals surface area (Å²) in [6.45, 7) is 6.72. The van der Waals surface area contributed by atoms with Crippen LogP contribution in [0, 0.1) is 6.92 Å². The maximum absolute atomic E-state index is 12.5. The molecule has 0 aliphatic carbocycles. The van der Waals surface area contributed by atoms with Crippen molar-refractivity contribution in [3.8, 4) is 0 Å². The molecular weight excluding hydrogens is 300 g/mol. The molecule has 1 N–H and O–H groups in total. The number of pyridine rings is 1. The summed E-state index contributed by atoms with van der Waals surface area (Å²) < 4.78 is 1.73. The molecule has 0 fully saturated rings. The first kappa shape index (κ1) is 16.2. The minimum absolute atomic E-state index is 0.114. The summed E-state index contributed by atoms with van der Waals surface area (Å²) in [6, 6.07) is 12.0. The maximum atomic E-state index is 12.5. The average molecular weight is 322 g/mol. The Bertz CT molecular complexity index is 881. The number of fused-ring (bicyclic) bond motifs is 1. The molecule has 0 atom stereocenters. The summed E-state index contributed by atoms with van der Waals surface area (Å²) >= 11 is 0. The molecule has 0 spiro atoms. The zero-order valence-corrected chi connectivity index (χ0v) is 14.5. The van der Waals surface area contributed by atoms with Gasteiger partial charge in [-0.1, -0.05) is 44.2 Å². The summed E-state index contributed by atoms with van der Waals surface area (Å²) in [4.78, 5) is 16.9. The minimum atomic E-state index is -0.140. The van der Waals surface area contributed by atoms with E-state index in [0.29, 0.717) is 12.1 Å². The summed E-state index contributed by atoms with van der Waals surface area (Å²) in [5.41, 5.74) is 3.27. The number of hydrogen-bond acceptors (Lipinski definition) is 3. The fourth-order valence-corrected chi connectivity index (χ4v) is 2.83. The molecule has 2 heterocycles. The van der Waals surface area contributed by atoms with Crippen LogP contribution in [-0.4, -0.2) is 27.2 Å². The molecule has 0 saturated carbocycles. The lowest BCUT2D eigenvalue weighted by molar-refractivity contribution is 0.0945. The second-order valence-corrected chi connectivity index (χ2v) is 6.74. The predicted molar refractivity (Wildman–Crippen MR) is 95.0 cm³/mol. The van der Waals surface area contributed by atoms with Crippen molar-refractivity contribution in [3.05, 3.63) is 59.4 Å². The topological polar surface area (TPSA) is 59.8 Å². The highest BCUT2D eigenvalue weighted by Crippen LogP contribution is 2.22. The molecule has 3 aromatic rings. The zero-order valence-electron chi connectivity index (χ0n) is 14.5. The van der Waals surface area contributed by atoms with E-state index in [-0.39, 0.29) is 11.3 Å². The van der Waals surface area contributed by atoms with Crippen molar-refractivity contribution in [1.29, 1.82) is 0 Å². The van der Waals surface area contributed by atoms with Gasteiger partial charge in [-0.25, -0.2) is 4.98 Å². The highest BCUT2D eigenvalue weighted by molar-refractivity contribution is 5.97. The standard InChI is InChI=1S/C19H22N4O/c1-13-16-10-14(11-20-17(16)23(4)22-13)18(24)21-12-19(2,3)15-8-6-5-7-9-15/h5-11H,12H2,1-4H3,(H,21,24). The van der Waals surface area contributed by atoms with E-state index < -0.39 is 0 Å². The van der Waals surface area contributed by atoms with E-state index >= 15 is 0 Å². The van der Waals surface area contributed by atoms with E-state index in [1.54, 1.807) is 10.9 Å². The number of aryl methyl sites for hydroxylation is 2. The van der Waals surface area contributed by atoms with Gasteiger partial charge in [0.1, 0.15) is 0 Å². The average Bonchev–Trinajstić information content (AvgIpc) is 2.87. The van der Waals surface area contributed by atoms with Gasteiger partial charge in [-0.15, -0.1) is 0 Å². The van der Waals surface area contributed by atoms with Gasteiger partial charge in [-0.05, 0) is 18.6 Å². The maximum Gasteiger partial charge on any atom is 0.252 e. The molecule has 0 saturated heterocycles. The zero-order chi connectivity index (χ0) is 17.3. The molecule has 0 aliphatic rings. The molecule has 0 unspecified atom stereocenters. The third kappa shape index (κ3) is 3.02. The normalized spacial score (nSPS) is 11.7. The van der Waals surface area contributed by atoms with E-state index in [9.17, 15) is 4.79 Å². The van der Waals surface area contributed by atoms with Crippen LogP contribution in [0.4, 0.5) is 0 Å². The number of carbonyl (C=O) groups is 1. The Labute approximate surface area is 141 Å². The van der Waals surface area contributed by atoms with Crippen LogP contribution >= 0.6 is 0 Å². The van der Waals surface area contributed by atoms with E-state index in [4.69, 9.17) is 0 Å². The van der Waals surface area contributed by atoms with Crippen LogP contribution in [0.15, 0.2) is 42.6 Å². The second kappa shape index (κ2) is 6.07. The number of nitrogens with zero attached hydrogens (tertiary/aromatic N) is 3. The molecule has 1 amide bonds. The van der Waals surface area contributed by atoms with Crippen molar-refractivity contribution in [2.75, 3.05) is 6.54 Å². The monoisotopic (exact) mass is 322 g/mol. The molecule has 124 valence electrons. The summed E-state index contributed by atoms with van der Waals surface area (Å²) in [5, 5.41) is 8.27. The Balaban J connectivity index is 1.77. The highest BCUT2D eigenvalue weighted by atomic mass is 16.1. The Hall–Kier alpha value is -2.69. The Morgan fingerprint density at radius 1 is 1.25 bits per heavy atom. The molecule has 1 aromatic carbocycles. The fraction of sp³-hybridized carbons (Fsp3) is 0.316. The Kier molecular flexibility index (Phi) is 4.09. The Morgan fingerprint density at radius 2 is 1.96 bits per heavy atom. The van der Waals surface area contributed by atoms with Gasteiger partial charge >= 0.3 is 0 Å². The van der Waals surface area contributed by atoms with Crippen molar-refractivity contribution >= 4 is 16.9 Å². The van der Waals surface area contributed by atoms with Crippen molar-refractivity contribution in [2.24, 2.45) is 7.05 Å². The number of aromatic nitrogens is 3. The van der Waals surface area contributed by atoms with Crippen LogP contribution in [0.5, 0.6) is 0 Å². The van der Waals surface area contributed by atoms with Crippen molar-refractivity contribution in [3.63, 3.8) is 0 Å². The first-order chi connectivity index (χ1) is 11.4. The molecule has 5 heteroatoms. The van der Waals surface area contributed by atoms with Crippen LogP contribution < -0.4 is 5.32 Å². The third-order valence-electron chi connectivity index (χ3n) is 4.37. The second-order valence-electron chi connectivity index (χ2n) is 6.74. The van der Waals surface area contributed by atoms with Gasteiger partial charge in [0.15, 0.2) is 5.65 Å². The quantitative estimate of drug-likeness (QED) is 0.803. The molecule has 2 aromatic heterocycles. The number of nitrogens with one attached hydrogen (secondary N) is 1. The first-order valence-electron chi connectivity index (χ1n) is 8.01. The van der Waals surface area contributed by atoms with Crippen LogP contribution in [0.25, 0.3) is 11.0 Å². The number of carbonyl (C=O) groups excluding carboxylic acids is 1. The van der Waals surface area contributed by atoms with E-state index in [1.807, 2.05) is 38.2 Å². The number of hydrogen-bond donors (Lipinski definition) is 1. The smallest absolute Gasteiger partial charge is 0.252 e. The van der Waals surface area contributed by atoms with Crippen molar-refractivity contribution in [2.45, 2.75) is 26.2 Å². The number of benzene rings is 1. The van der Waals surface area contributed by atoms with Crippen LogP contribution in [-0.2, 0) is 12.5 Å². The number of rotatable bonds is 4. The van der Waals surface area contributed by atoms with Gasteiger partial charge < -0.3 is 5.32 Å². The minimum Gasteiger partial charge on any atom is -0.351 e. The molecule has 24 heavy (non-hydrogen) atoms. The third-order valence-corrected chi connectivity index (χ3v) is 4.37. The van der Waals surface area contributed by atoms with Crippen LogP contribution in [0.3, 0.4) is 0 Å². The summed E-state index contributed by atoms with van der Waals surface area (Å²) in [5.74, 6) is -0.114. The lowest BCUT2D eigenvalue weighted by atomic mass is 9.84. The van der Waals surface area contributed by atoms with Gasteiger partial charge in [0.25, 0.3) is 5.91 Å². The molecule has 0 bridgehead atoms. The van der Waals surface area contributed by atoms with E-state index in [0.717, 1.165) is 16.7 Å². The van der Waals surface area contributed by atoms with E-state index in [1.165, 1.54) is 5.56 Å². The largest absolute Gasteiger partial charge is 0.351 e. The van der Waals surface area contributed by atoms with E-state index in [2.05, 4.69) is 41.4 Å². The molecule has 5 nitrogen and oxygen atoms in total. The lowest BCUT2D eigenvalue weighted by Crippen LogP contribution is -2.36. The molecule has 0 aliphatic heterocycles. The lowest BCUT2D eigenvalue weighted by Gasteiger charge is -2.25. The van der Waals surface area contributed by atoms with Gasteiger partial charge in [-0.2, -0.15) is 5.10 Å². The summed E-state index contributed by atoms with van der Waals surface area (Å²) in [7, 11) is 1.85. The van der Waals surface area contributed by atoms with Crippen molar-refractivity contribution < 1.29 is 4.79 Å². The Morgan fingerprint density at radius 3 is 2.67 bits per heavy atom. The van der Waals surface area contributed by atoms with Crippen LogP contribution in [0.2, 0.25) is 0 Å². The molecule has 0 radical (unpaired) electrons. The van der Waals surface area contributed by atoms with Crippen molar-refractivity contribution in [1.82, 2.24) is 20.1 Å². The molecular formula is C19H22N4O. The number of amides is 1. The predicted octanol–water partition coefficient (Wildman–Crippen LogP) is 2.98. The van der Waals surface area contributed by atoms with Gasteiger partial charge in [0.2, 0.25) is 0 Å². The molecule has 3 rings (SSSR count). The first-order valence-corrected chi connectivity index (χ1v) is 8.01. The SMILES string of the molecule is Cc1nn(C)c2ncc(C(=O)NCC(C)(C)c3ccccc3)cc12.